The van der Waals surface area contributed by atoms with Gasteiger partial charge in [-0.25, -0.2) is 0 Å². The van der Waals surface area contributed by atoms with E-state index >= 15 is 0 Å². The van der Waals surface area contributed by atoms with E-state index in [4.69, 9.17) is 3.87 Å². The molecule has 8 heteroatoms. The second-order valence-corrected chi connectivity index (χ2v) is 12.3. The van der Waals surface area contributed by atoms with E-state index in [1.54, 1.807) is 45.9 Å². The minimum absolute atomic E-state index is 0.263. The summed E-state index contributed by atoms with van der Waals surface area (Å²) in [7, 11) is -8.89. The molecule has 1 unspecified atom stereocenters. The molecule has 0 aromatic heterocycles. The summed E-state index contributed by atoms with van der Waals surface area (Å²) in [5.74, 6) is 0. The molecule has 0 N–H and O–H groups in total. The molecular formula is C12H19F3O3SSi. The summed E-state index contributed by atoms with van der Waals surface area (Å²) in [4.78, 5) is 0. The average molecular weight is 328 g/mol. The van der Waals surface area contributed by atoms with Crippen molar-refractivity contribution in [1.82, 2.24) is 0 Å². The van der Waals surface area contributed by atoms with Crippen LogP contribution in [0.5, 0.6) is 0 Å². The molecule has 0 saturated heterocycles. The van der Waals surface area contributed by atoms with E-state index in [0.717, 1.165) is 0 Å². The van der Waals surface area contributed by atoms with Crippen molar-refractivity contribution >= 4 is 18.4 Å². The van der Waals surface area contributed by atoms with Gasteiger partial charge in [0.05, 0.1) is 0 Å². The minimum atomic E-state index is -5.59. The Bertz CT molecular complexity index is 529. The molecule has 0 fully saturated rings. The molecule has 0 radical (unpaired) electrons. The highest BCUT2D eigenvalue weighted by Gasteiger charge is 2.57. The van der Waals surface area contributed by atoms with Crippen LogP contribution in [0, 0.1) is 0 Å². The predicted molar refractivity (Wildman–Crippen MR) is 73.8 cm³/mol. The Morgan fingerprint density at radius 1 is 1.30 bits per heavy atom. The number of alkyl halides is 3. The Hall–Kier alpha value is -0.603. The van der Waals surface area contributed by atoms with Crippen LogP contribution in [0.25, 0.3) is 0 Å². The van der Waals surface area contributed by atoms with Gasteiger partial charge >= 0.3 is 15.6 Å². The van der Waals surface area contributed by atoms with Crippen LogP contribution >= 0.6 is 0 Å². The molecule has 0 saturated carbocycles. The van der Waals surface area contributed by atoms with Gasteiger partial charge in [-0.05, 0) is 22.7 Å². The normalized spacial score (nSPS) is 19.9. The number of halogens is 3. The summed E-state index contributed by atoms with van der Waals surface area (Å²) >= 11 is 0. The highest BCUT2D eigenvalue weighted by Crippen LogP contribution is 2.48. The maximum absolute atomic E-state index is 12.6. The van der Waals surface area contributed by atoms with Crippen molar-refractivity contribution in [3.63, 3.8) is 0 Å². The lowest BCUT2D eigenvalue weighted by Gasteiger charge is -2.41. The fraction of sp³-hybridized carbons (Fsp3) is 0.667. The molecule has 0 aromatic rings. The molecule has 0 aromatic carbocycles. The van der Waals surface area contributed by atoms with E-state index in [1.807, 2.05) is 0 Å². The molecule has 116 valence electrons. The maximum Gasteiger partial charge on any atom is 0.522 e. The Labute approximate surface area is 118 Å². The number of hydrogen-bond donors (Lipinski definition) is 0. The van der Waals surface area contributed by atoms with Gasteiger partial charge in [-0.3, -0.25) is 0 Å². The monoisotopic (exact) mass is 328 g/mol. The second-order valence-electron chi connectivity index (χ2n) is 5.74. The van der Waals surface area contributed by atoms with Crippen LogP contribution in [0.15, 0.2) is 23.4 Å². The molecule has 0 heterocycles. The van der Waals surface area contributed by atoms with Crippen LogP contribution in [-0.4, -0.2) is 22.2 Å². The summed E-state index contributed by atoms with van der Waals surface area (Å²) in [6, 6.07) is 0.263. The Balaban J connectivity index is 3.34. The molecule has 1 atom stereocenters. The van der Waals surface area contributed by atoms with Crippen molar-refractivity contribution in [3.05, 3.63) is 23.4 Å². The lowest BCUT2D eigenvalue weighted by Crippen LogP contribution is -2.52. The topological polar surface area (TPSA) is 43.4 Å². The van der Waals surface area contributed by atoms with Crippen molar-refractivity contribution in [2.24, 2.45) is 0 Å². The molecule has 0 bridgehead atoms. The lowest BCUT2D eigenvalue weighted by atomic mass is 10.2. The number of allylic oxidation sites excluding steroid dienone is 4. The molecular weight excluding hydrogens is 309 g/mol. The van der Waals surface area contributed by atoms with Gasteiger partial charge in [0.1, 0.15) is 0 Å². The average Bonchev–Trinajstić information content (AvgIpc) is 2.75. The number of hydrogen-bond acceptors (Lipinski definition) is 3. The first kappa shape index (κ1) is 17.4. The fourth-order valence-electron chi connectivity index (χ4n) is 2.46. The van der Waals surface area contributed by atoms with Crippen LogP contribution in [0.2, 0.25) is 11.1 Å². The first-order valence-electron chi connectivity index (χ1n) is 6.25. The van der Waals surface area contributed by atoms with Gasteiger partial charge in [-0.15, -0.1) is 0 Å². The van der Waals surface area contributed by atoms with Crippen LogP contribution in [0.4, 0.5) is 13.2 Å². The standard InChI is InChI=1S/C12H19F3O3SSi/c1-5-20(11(2,3)4,10-8-6-7-9-10)18-19(16,17)12(13,14)15/h6-8H,5,9H2,1-4H3. The molecule has 1 rings (SSSR count). The van der Waals surface area contributed by atoms with Gasteiger partial charge in [0.25, 0.3) is 0 Å². The maximum atomic E-state index is 12.6. The summed E-state index contributed by atoms with van der Waals surface area (Å²) in [5.41, 5.74) is -5.39. The van der Waals surface area contributed by atoms with Crippen molar-refractivity contribution < 1.29 is 25.5 Å². The van der Waals surface area contributed by atoms with E-state index in [2.05, 4.69) is 0 Å². The summed E-state index contributed by atoms with van der Waals surface area (Å²) in [6.45, 7) is 6.87. The van der Waals surface area contributed by atoms with Crippen LogP contribution in [-0.2, 0) is 14.0 Å². The van der Waals surface area contributed by atoms with Crippen LogP contribution < -0.4 is 0 Å². The third kappa shape index (κ3) is 3.01. The van der Waals surface area contributed by atoms with Gasteiger partial charge < -0.3 is 3.87 Å². The zero-order valence-corrected chi connectivity index (χ0v) is 13.7. The third-order valence-corrected chi connectivity index (χ3v) is 10.9. The Morgan fingerprint density at radius 3 is 2.15 bits per heavy atom. The summed E-state index contributed by atoms with van der Waals surface area (Å²) in [6.07, 6.45) is 5.65. The fourth-order valence-corrected chi connectivity index (χ4v) is 9.52. The second kappa shape index (κ2) is 5.30. The Morgan fingerprint density at radius 2 is 1.85 bits per heavy atom. The van der Waals surface area contributed by atoms with Crippen molar-refractivity contribution in [2.75, 3.05) is 0 Å². The van der Waals surface area contributed by atoms with Crippen molar-refractivity contribution in [2.45, 2.75) is 50.7 Å². The van der Waals surface area contributed by atoms with Crippen molar-refractivity contribution in [1.29, 1.82) is 0 Å². The van der Waals surface area contributed by atoms with Gasteiger partial charge in [0.15, 0.2) is 0 Å². The molecule has 0 spiro atoms. The number of rotatable bonds is 4. The van der Waals surface area contributed by atoms with E-state index in [1.165, 1.54) is 0 Å². The van der Waals surface area contributed by atoms with E-state index in [0.29, 0.717) is 11.6 Å². The van der Waals surface area contributed by atoms with Gasteiger partial charge in [0, 0.05) is 0 Å². The molecule has 1 aliphatic carbocycles. The highest BCUT2D eigenvalue weighted by atomic mass is 32.2. The molecule has 0 aliphatic heterocycles. The first-order chi connectivity index (χ1) is 8.87. The van der Waals surface area contributed by atoms with E-state index in [-0.39, 0.29) is 6.04 Å². The van der Waals surface area contributed by atoms with Crippen LogP contribution in [0.1, 0.15) is 34.1 Å². The van der Waals surface area contributed by atoms with E-state index in [9.17, 15) is 21.6 Å². The summed E-state index contributed by atoms with van der Waals surface area (Å²) < 4.78 is 65.8. The first-order valence-corrected chi connectivity index (χ1v) is 9.78. The summed E-state index contributed by atoms with van der Waals surface area (Å²) in [5, 5.41) is 0.0121. The lowest BCUT2D eigenvalue weighted by molar-refractivity contribution is -0.0505. The van der Waals surface area contributed by atoms with Crippen LogP contribution in [0.3, 0.4) is 0 Å². The predicted octanol–water partition coefficient (Wildman–Crippen LogP) is 4.04. The molecule has 3 nitrogen and oxygen atoms in total. The quantitative estimate of drug-likeness (QED) is 0.578. The van der Waals surface area contributed by atoms with E-state index < -0.39 is 29.0 Å². The zero-order chi connectivity index (χ0) is 15.8. The third-order valence-electron chi connectivity index (χ3n) is 3.53. The van der Waals surface area contributed by atoms with Gasteiger partial charge in [-0.2, -0.15) is 21.6 Å². The van der Waals surface area contributed by atoms with Gasteiger partial charge in [0.2, 0.25) is 8.32 Å². The largest absolute Gasteiger partial charge is 0.522 e. The van der Waals surface area contributed by atoms with Gasteiger partial charge in [-0.1, -0.05) is 45.9 Å². The van der Waals surface area contributed by atoms with Crippen molar-refractivity contribution in [3.8, 4) is 0 Å². The zero-order valence-electron chi connectivity index (χ0n) is 11.9. The highest BCUT2D eigenvalue weighted by molar-refractivity contribution is 7.88. The smallest absolute Gasteiger partial charge is 0.302 e. The molecule has 1 aliphatic rings. The minimum Gasteiger partial charge on any atom is -0.302 e. The Kier molecular flexibility index (Phi) is 4.63. The molecule has 0 amide bonds. The molecule has 20 heavy (non-hydrogen) atoms. The SMILES string of the molecule is CC[Si](OS(=O)(=O)C(F)(F)F)(C1=CC=CC1)C(C)(C)C.